The second-order valence-electron chi connectivity index (χ2n) is 14.1. The third-order valence-electron chi connectivity index (χ3n) is 10.7. The van der Waals surface area contributed by atoms with E-state index < -0.39 is 0 Å². The van der Waals surface area contributed by atoms with Crippen LogP contribution in [0.25, 0.3) is 71.7 Å². The van der Waals surface area contributed by atoms with Gasteiger partial charge in [0.25, 0.3) is 0 Å². The molecule has 0 saturated heterocycles. The summed E-state index contributed by atoms with van der Waals surface area (Å²) in [5.74, 6) is 0.822. The predicted molar refractivity (Wildman–Crippen MR) is 232 cm³/mol. The topological polar surface area (TPSA) is 50.2 Å². The van der Waals surface area contributed by atoms with Crippen LogP contribution >= 0.6 is 0 Å². The Morgan fingerprint density at radius 2 is 0.857 bits per heavy atom. The lowest BCUT2D eigenvalue weighted by Crippen LogP contribution is -2.31. The Morgan fingerprint density at radius 1 is 0.375 bits per heavy atom. The van der Waals surface area contributed by atoms with Crippen molar-refractivity contribution in [3.8, 4) is 44.5 Å². The van der Waals surface area contributed by atoms with Crippen LogP contribution in [0.5, 0.6) is 0 Å². The molecule has 1 N–H and O–H groups in total. The van der Waals surface area contributed by atoms with Crippen molar-refractivity contribution in [2.45, 2.75) is 6.04 Å². The Hall–Kier alpha value is -7.43. The van der Waals surface area contributed by atoms with E-state index in [0.29, 0.717) is 0 Å². The van der Waals surface area contributed by atoms with Gasteiger partial charge in [0.1, 0.15) is 5.84 Å². The summed E-state index contributed by atoms with van der Waals surface area (Å²) >= 11 is 0. The largest absolute Gasteiger partial charge is 0.359 e. The molecule has 1 aliphatic rings. The molecule has 0 fully saturated rings. The maximum absolute atomic E-state index is 5.37. The van der Waals surface area contributed by atoms with Crippen LogP contribution in [0, 0.1) is 0 Å². The number of aromatic nitrogens is 2. The first-order valence-electron chi connectivity index (χ1n) is 18.9. The molecular formula is C52H36N4. The van der Waals surface area contributed by atoms with Gasteiger partial charge in [0.05, 0.1) is 11.7 Å². The molecule has 3 heterocycles. The smallest absolute Gasteiger partial charge is 0.134 e. The highest BCUT2D eigenvalue weighted by molar-refractivity contribution is 6.21. The molecule has 2 aromatic heterocycles. The normalized spacial score (nSPS) is 13.9. The monoisotopic (exact) mass is 716 g/mol. The van der Waals surface area contributed by atoms with Crippen molar-refractivity contribution >= 4 is 33.1 Å². The molecule has 10 rings (SSSR count). The molecule has 7 aromatic carbocycles. The number of rotatable bonds is 7. The molecule has 4 heteroatoms. The summed E-state index contributed by atoms with van der Waals surface area (Å²) in [7, 11) is 0. The van der Waals surface area contributed by atoms with Crippen molar-refractivity contribution in [2.24, 2.45) is 4.99 Å². The van der Waals surface area contributed by atoms with E-state index in [-0.39, 0.29) is 6.04 Å². The van der Waals surface area contributed by atoms with Gasteiger partial charge in [-0.15, -0.1) is 0 Å². The Kier molecular flexibility index (Phi) is 8.54. The zero-order valence-corrected chi connectivity index (χ0v) is 30.5. The minimum atomic E-state index is -0.133. The number of nitrogens with one attached hydrogen (secondary N) is 1. The fourth-order valence-electron chi connectivity index (χ4n) is 8.04. The molecule has 4 nitrogen and oxygen atoms in total. The lowest BCUT2D eigenvalue weighted by atomic mass is 9.85. The predicted octanol–water partition coefficient (Wildman–Crippen LogP) is 12.6. The molecule has 0 bridgehead atoms. The van der Waals surface area contributed by atoms with Gasteiger partial charge in [-0.05, 0) is 102 Å². The van der Waals surface area contributed by atoms with Gasteiger partial charge < -0.3 is 5.32 Å². The van der Waals surface area contributed by atoms with E-state index in [9.17, 15) is 0 Å². The maximum Gasteiger partial charge on any atom is 0.134 e. The summed E-state index contributed by atoms with van der Waals surface area (Å²) in [6, 6.07) is 62.5. The molecule has 1 unspecified atom stereocenters. The fraction of sp³-hybridized carbons (Fsp3) is 0.0192. The van der Waals surface area contributed by atoms with Crippen LogP contribution in [-0.4, -0.2) is 15.8 Å². The summed E-state index contributed by atoms with van der Waals surface area (Å²) < 4.78 is 0. The van der Waals surface area contributed by atoms with Crippen LogP contribution in [0.15, 0.2) is 212 Å². The number of benzene rings is 7. The Balaban J connectivity index is 1.12. The highest BCUT2D eigenvalue weighted by Gasteiger charge is 2.22. The van der Waals surface area contributed by atoms with Gasteiger partial charge in [0.2, 0.25) is 0 Å². The Labute approximate surface area is 326 Å². The van der Waals surface area contributed by atoms with Crippen molar-refractivity contribution in [3.63, 3.8) is 0 Å². The average molecular weight is 717 g/mol. The molecule has 1 atom stereocenters. The van der Waals surface area contributed by atoms with E-state index in [1.807, 2.05) is 30.7 Å². The number of hydrogen-bond acceptors (Lipinski definition) is 4. The van der Waals surface area contributed by atoms with E-state index in [1.165, 1.54) is 38.2 Å². The average Bonchev–Trinajstić information content (AvgIpc) is 3.29. The highest BCUT2D eigenvalue weighted by atomic mass is 15.0. The zero-order chi connectivity index (χ0) is 37.3. The number of fused-ring (bicyclic) bond motifs is 2. The first-order chi connectivity index (χ1) is 27.8. The number of aliphatic imine (C=N–C) groups is 1. The molecule has 0 radical (unpaired) electrons. The molecule has 0 saturated carbocycles. The number of amidine groups is 1. The van der Waals surface area contributed by atoms with Gasteiger partial charge in [0, 0.05) is 41.5 Å². The van der Waals surface area contributed by atoms with E-state index in [2.05, 4.69) is 185 Å². The van der Waals surface area contributed by atoms with Gasteiger partial charge in [-0.25, -0.2) is 4.99 Å². The maximum atomic E-state index is 5.37. The molecule has 0 amide bonds. The van der Waals surface area contributed by atoms with E-state index in [0.717, 1.165) is 56.0 Å². The molecule has 9 aromatic rings. The fourth-order valence-corrected chi connectivity index (χ4v) is 8.04. The van der Waals surface area contributed by atoms with Crippen LogP contribution in [-0.2, 0) is 0 Å². The van der Waals surface area contributed by atoms with Crippen molar-refractivity contribution in [1.29, 1.82) is 0 Å². The van der Waals surface area contributed by atoms with Crippen molar-refractivity contribution in [2.75, 3.05) is 0 Å². The van der Waals surface area contributed by atoms with E-state index in [4.69, 9.17) is 4.99 Å². The van der Waals surface area contributed by atoms with Crippen LogP contribution in [0.3, 0.4) is 0 Å². The van der Waals surface area contributed by atoms with Crippen molar-refractivity contribution < 1.29 is 0 Å². The van der Waals surface area contributed by atoms with Crippen molar-refractivity contribution in [1.82, 2.24) is 15.3 Å². The molecule has 1 aliphatic heterocycles. The van der Waals surface area contributed by atoms with Gasteiger partial charge >= 0.3 is 0 Å². The summed E-state index contributed by atoms with van der Waals surface area (Å²) in [5, 5.41) is 8.75. The first-order valence-corrected chi connectivity index (χ1v) is 18.9. The van der Waals surface area contributed by atoms with E-state index >= 15 is 0 Å². The van der Waals surface area contributed by atoms with Gasteiger partial charge in [-0.1, -0.05) is 146 Å². The number of hydrogen-bond donors (Lipinski definition) is 1. The summed E-state index contributed by atoms with van der Waals surface area (Å²) in [6.45, 7) is 0. The summed E-state index contributed by atoms with van der Waals surface area (Å²) in [6.07, 6.45) is 9.67. The molecule has 264 valence electrons. The standard InChI is InChI=1S/C52H36N4/c1-2-13-35(14-3-1)50-44-23-4-6-25-46(44)51(47-26-7-5-24-45(47)50)40-19-10-20-41(31-40)52-55-48(38-17-8-15-36(29-38)42-21-11-27-53-33-42)32-49(56-52)39-18-9-16-37(30-39)43-22-12-28-54-34-43/h1-34,48H,(H,55,56). The van der Waals surface area contributed by atoms with Gasteiger partial charge in [0.15, 0.2) is 0 Å². The van der Waals surface area contributed by atoms with Gasteiger partial charge in [-0.3, -0.25) is 9.97 Å². The minimum absolute atomic E-state index is 0.133. The zero-order valence-electron chi connectivity index (χ0n) is 30.5. The second kappa shape index (κ2) is 14.4. The van der Waals surface area contributed by atoms with Crippen LogP contribution in [0.1, 0.15) is 22.7 Å². The molecule has 0 aliphatic carbocycles. The molecular weight excluding hydrogens is 681 g/mol. The van der Waals surface area contributed by atoms with Crippen LogP contribution in [0.4, 0.5) is 0 Å². The summed E-state index contributed by atoms with van der Waals surface area (Å²) in [5.41, 5.74) is 13.3. The Morgan fingerprint density at radius 3 is 1.48 bits per heavy atom. The number of nitrogens with zero attached hydrogens (tertiary/aromatic N) is 3. The first kappa shape index (κ1) is 33.2. The van der Waals surface area contributed by atoms with Gasteiger partial charge in [-0.2, -0.15) is 0 Å². The lowest BCUT2D eigenvalue weighted by Gasteiger charge is -2.25. The second-order valence-corrected chi connectivity index (χ2v) is 14.1. The third kappa shape index (κ3) is 6.23. The lowest BCUT2D eigenvalue weighted by molar-refractivity contribution is 0.781. The van der Waals surface area contributed by atoms with E-state index in [1.54, 1.807) is 6.20 Å². The quantitative estimate of drug-likeness (QED) is 0.167. The van der Waals surface area contributed by atoms with Crippen LogP contribution in [0.2, 0.25) is 0 Å². The molecule has 56 heavy (non-hydrogen) atoms. The molecule has 0 spiro atoms. The number of pyridine rings is 2. The minimum Gasteiger partial charge on any atom is -0.359 e. The van der Waals surface area contributed by atoms with Crippen molar-refractivity contribution in [3.05, 3.63) is 223 Å². The Bertz CT molecular complexity index is 2880. The highest BCUT2D eigenvalue weighted by Crippen LogP contribution is 2.44. The SMILES string of the molecule is C1=C(c2cccc(-c3cccnc3)c2)N=C(c2cccc(-c3c4ccccc4c(-c4ccccc4)c4ccccc34)c2)NC1c1cccc(-c2cccnc2)c1. The van der Waals surface area contributed by atoms with Crippen LogP contribution < -0.4 is 5.32 Å². The summed E-state index contributed by atoms with van der Waals surface area (Å²) in [4.78, 5) is 14.1. The third-order valence-corrected chi connectivity index (χ3v) is 10.7.